The average Bonchev–Trinajstić information content (AvgIpc) is 2.60. The summed E-state index contributed by atoms with van der Waals surface area (Å²) in [5.74, 6) is 0.215. The van der Waals surface area contributed by atoms with Crippen LogP contribution in [0.15, 0.2) is 35.3 Å². The smallest absolute Gasteiger partial charge is 0.226 e. The molecule has 2 N–H and O–H groups in total. The minimum absolute atomic E-state index is 0.0677. The van der Waals surface area contributed by atoms with Crippen molar-refractivity contribution in [3.05, 3.63) is 56.8 Å². The summed E-state index contributed by atoms with van der Waals surface area (Å²) in [5, 5.41) is 9.98. The first-order valence-corrected chi connectivity index (χ1v) is 9.17. The van der Waals surface area contributed by atoms with Crippen molar-refractivity contribution in [2.45, 2.75) is 33.1 Å². The average molecular weight is 387 g/mol. The molecule has 0 unspecified atom stereocenters. The van der Waals surface area contributed by atoms with Gasteiger partial charge in [-0.1, -0.05) is 38.4 Å². The van der Waals surface area contributed by atoms with Gasteiger partial charge in [-0.2, -0.15) is 0 Å². The molecule has 1 aromatic carbocycles. The normalized spacial score (nSPS) is 11.8. The third-order valence-corrected chi connectivity index (χ3v) is 4.76. The lowest BCUT2D eigenvalue weighted by Crippen LogP contribution is -2.13. The number of aryl methyl sites for hydroxylation is 1. The first-order valence-electron chi connectivity index (χ1n) is 8.79. The Bertz CT molecular complexity index is 1050. The van der Waals surface area contributed by atoms with Crippen LogP contribution in [0.1, 0.15) is 31.9 Å². The Morgan fingerprint density at radius 3 is 2.67 bits per heavy atom. The second kappa shape index (κ2) is 7.33. The van der Waals surface area contributed by atoms with Gasteiger partial charge in [0.2, 0.25) is 5.88 Å². The van der Waals surface area contributed by atoms with Gasteiger partial charge in [0.1, 0.15) is 12.0 Å². The van der Waals surface area contributed by atoms with Crippen molar-refractivity contribution >= 4 is 22.5 Å². The molecule has 0 saturated heterocycles. The third-order valence-electron chi connectivity index (χ3n) is 4.45. The van der Waals surface area contributed by atoms with Gasteiger partial charge in [-0.25, -0.2) is 4.98 Å². The van der Waals surface area contributed by atoms with Crippen LogP contribution in [-0.2, 0) is 5.41 Å². The lowest BCUT2D eigenvalue weighted by molar-refractivity contribution is 0.198. The maximum Gasteiger partial charge on any atom is 0.226 e. The summed E-state index contributed by atoms with van der Waals surface area (Å²) >= 11 is 6.53. The number of rotatable bonds is 4. The predicted octanol–water partition coefficient (Wildman–Crippen LogP) is 4.22. The molecule has 2 heterocycles. The predicted molar refractivity (Wildman–Crippen MR) is 109 cm³/mol. The molecule has 5 nitrogen and oxygen atoms in total. The molecule has 0 fully saturated rings. The molecule has 0 aliphatic heterocycles. The molecule has 3 rings (SSSR count). The Labute approximate surface area is 163 Å². The van der Waals surface area contributed by atoms with Gasteiger partial charge in [-0.3, -0.25) is 4.79 Å². The van der Waals surface area contributed by atoms with E-state index in [9.17, 15) is 4.79 Å². The van der Waals surface area contributed by atoms with E-state index >= 15 is 0 Å². The Morgan fingerprint density at radius 1 is 1.26 bits per heavy atom. The van der Waals surface area contributed by atoms with Crippen molar-refractivity contribution in [3.63, 3.8) is 0 Å². The topological polar surface area (TPSA) is 75.2 Å². The number of hydrogen-bond acceptors (Lipinski definition) is 4. The molecule has 0 radical (unpaired) electrons. The molecule has 3 aromatic rings. The Morgan fingerprint density at radius 2 is 2.00 bits per heavy atom. The lowest BCUT2D eigenvalue weighted by atomic mass is 9.85. The highest BCUT2D eigenvalue weighted by Gasteiger charge is 2.20. The minimum atomic E-state index is -0.199. The number of aliphatic hydroxyl groups is 1. The van der Waals surface area contributed by atoms with Crippen molar-refractivity contribution in [2.75, 3.05) is 13.2 Å². The molecule has 142 valence electrons. The highest BCUT2D eigenvalue weighted by molar-refractivity contribution is 6.31. The summed E-state index contributed by atoms with van der Waals surface area (Å²) in [6, 6.07) is 7.24. The van der Waals surface area contributed by atoms with Crippen LogP contribution in [0.25, 0.3) is 22.2 Å². The maximum absolute atomic E-state index is 12.7. The Kier molecular flexibility index (Phi) is 5.27. The quantitative estimate of drug-likeness (QED) is 0.703. The summed E-state index contributed by atoms with van der Waals surface area (Å²) < 4.78 is 5.39. The highest BCUT2D eigenvalue weighted by atomic mass is 35.5. The molecule has 0 atom stereocenters. The van der Waals surface area contributed by atoms with Crippen LogP contribution < -0.4 is 10.2 Å². The molecule has 0 spiro atoms. The minimum Gasteiger partial charge on any atom is -0.475 e. The van der Waals surface area contributed by atoms with Crippen molar-refractivity contribution < 1.29 is 9.84 Å². The van der Waals surface area contributed by atoms with E-state index in [1.807, 2.05) is 13.0 Å². The number of nitrogens with one attached hydrogen (secondary N) is 1. The van der Waals surface area contributed by atoms with Crippen molar-refractivity contribution in [3.8, 4) is 17.1 Å². The van der Waals surface area contributed by atoms with Crippen LogP contribution in [0.4, 0.5) is 0 Å². The number of ether oxygens (including phenoxy) is 1. The van der Waals surface area contributed by atoms with Gasteiger partial charge in [0.05, 0.1) is 17.8 Å². The lowest BCUT2D eigenvalue weighted by Gasteiger charge is -2.22. The Hall–Kier alpha value is -2.37. The van der Waals surface area contributed by atoms with Crippen LogP contribution in [0.5, 0.6) is 5.88 Å². The fourth-order valence-corrected chi connectivity index (χ4v) is 3.56. The molecule has 6 heteroatoms. The number of nitrogens with zero attached hydrogens (tertiary/aromatic N) is 1. The number of halogens is 1. The molecule has 2 aromatic heterocycles. The largest absolute Gasteiger partial charge is 0.475 e. The van der Waals surface area contributed by atoms with Gasteiger partial charge in [-0.05, 0) is 35.6 Å². The zero-order valence-electron chi connectivity index (χ0n) is 15.9. The molecular weight excluding hydrogens is 364 g/mol. The molecule has 0 amide bonds. The number of aromatic nitrogens is 2. The van der Waals surface area contributed by atoms with Gasteiger partial charge in [0, 0.05) is 22.8 Å². The van der Waals surface area contributed by atoms with E-state index < -0.39 is 0 Å². The van der Waals surface area contributed by atoms with E-state index in [0.29, 0.717) is 21.6 Å². The van der Waals surface area contributed by atoms with Crippen molar-refractivity contribution in [1.82, 2.24) is 9.97 Å². The number of aromatic amines is 1. The van der Waals surface area contributed by atoms with Crippen LogP contribution >= 0.6 is 11.6 Å². The first-order chi connectivity index (χ1) is 12.7. The molecule has 27 heavy (non-hydrogen) atoms. The summed E-state index contributed by atoms with van der Waals surface area (Å²) in [7, 11) is 0. The van der Waals surface area contributed by atoms with Gasteiger partial charge >= 0.3 is 0 Å². The number of hydrogen-bond donors (Lipinski definition) is 2. The summed E-state index contributed by atoms with van der Waals surface area (Å²) in [5.41, 5.74) is 4.02. The van der Waals surface area contributed by atoms with Gasteiger partial charge < -0.3 is 14.8 Å². The van der Waals surface area contributed by atoms with E-state index in [1.165, 1.54) is 6.07 Å². The van der Waals surface area contributed by atoms with Crippen molar-refractivity contribution in [1.29, 1.82) is 0 Å². The molecular formula is C21H23ClN2O3. The SMILES string of the molecule is Cc1cc(C(C)(C)C)c(Cl)cc1-c1cc(=O)c2c(OCCO)nccc2[nH]1. The number of aliphatic hydroxyl groups excluding tert-OH is 1. The fourth-order valence-electron chi connectivity index (χ4n) is 3.11. The Balaban J connectivity index is 2.16. The van der Waals surface area contributed by atoms with Gasteiger partial charge in [0.15, 0.2) is 5.43 Å². The summed E-state index contributed by atoms with van der Waals surface area (Å²) in [6.07, 6.45) is 1.57. The highest BCUT2D eigenvalue weighted by Crippen LogP contribution is 2.35. The maximum atomic E-state index is 12.7. The van der Waals surface area contributed by atoms with E-state index in [1.54, 1.807) is 12.3 Å². The van der Waals surface area contributed by atoms with Crippen LogP contribution in [0.2, 0.25) is 5.02 Å². The van der Waals surface area contributed by atoms with E-state index in [-0.39, 0.29) is 29.9 Å². The number of fused-ring (bicyclic) bond motifs is 1. The van der Waals surface area contributed by atoms with Gasteiger partial charge in [0.25, 0.3) is 0 Å². The van der Waals surface area contributed by atoms with Crippen LogP contribution in [-0.4, -0.2) is 28.3 Å². The first kappa shape index (κ1) is 19.4. The van der Waals surface area contributed by atoms with Gasteiger partial charge in [-0.15, -0.1) is 0 Å². The van der Waals surface area contributed by atoms with Crippen LogP contribution in [0.3, 0.4) is 0 Å². The number of benzene rings is 1. The summed E-state index contributed by atoms with van der Waals surface area (Å²) in [6.45, 7) is 8.29. The molecule has 0 saturated carbocycles. The second-order valence-corrected chi connectivity index (χ2v) is 7.96. The fraction of sp³-hybridized carbons (Fsp3) is 0.333. The standard InChI is InChI=1S/C21H23ClN2O3/c1-12-9-14(21(2,3)4)15(22)10-13(12)17-11-18(26)19-16(24-17)5-6-23-20(19)27-8-7-25/h5-6,9-11,25H,7-8H2,1-4H3,(H,24,26). The zero-order chi connectivity index (χ0) is 19.8. The van der Waals surface area contributed by atoms with E-state index in [4.69, 9.17) is 21.4 Å². The van der Waals surface area contributed by atoms with E-state index in [0.717, 1.165) is 16.7 Å². The van der Waals surface area contributed by atoms with E-state index in [2.05, 4.69) is 36.8 Å². The second-order valence-electron chi connectivity index (χ2n) is 7.55. The number of H-pyrrole nitrogens is 1. The molecule has 0 aliphatic rings. The third kappa shape index (κ3) is 3.84. The zero-order valence-corrected chi connectivity index (χ0v) is 16.6. The summed E-state index contributed by atoms with van der Waals surface area (Å²) in [4.78, 5) is 20.1. The number of pyridine rings is 2. The molecule has 0 aliphatic carbocycles. The van der Waals surface area contributed by atoms with Crippen molar-refractivity contribution in [2.24, 2.45) is 0 Å². The monoisotopic (exact) mass is 386 g/mol. The van der Waals surface area contributed by atoms with Crippen LogP contribution in [0, 0.1) is 6.92 Å². The molecule has 0 bridgehead atoms.